The number of ether oxygens (including phenoxy) is 1. The topological polar surface area (TPSA) is 63.7 Å². The average Bonchev–Trinajstić information content (AvgIpc) is 2.64. The monoisotopic (exact) mass is 353 g/mol. The van der Waals surface area contributed by atoms with Crippen molar-refractivity contribution >= 4 is 21.9 Å². The summed E-state index contributed by atoms with van der Waals surface area (Å²) in [5.74, 6) is 0.457. The van der Waals surface area contributed by atoms with Gasteiger partial charge in [0.15, 0.2) is 0 Å². The van der Waals surface area contributed by atoms with Crippen molar-refractivity contribution in [3.8, 4) is 5.75 Å². The number of fused-ring (bicyclic) bond motifs is 2. The molecular weight excluding hydrogens is 338 g/mol. The lowest BCUT2D eigenvalue weighted by Crippen LogP contribution is -2.36. The highest BCUT2D eigenvalue weighted by molar-refractivity contribution is 7.89. The zero-order valence-electron chi connectivity index (χ0n) is 13.5. The van der Waals surface area contributed by atoms with Crippen LogP contribution in [-0.2, 0) is 10.0 Å². The highest BCUT2D eigenvalue weighted by atomic mass is 32.2. The number of allylic oxidation sites excluding steroid dienone is 1. The lowest BCUT2D eigenvalue weighted by molar-refractivity contribution is 0.100. The van der Waals surface area contributed by atoms with Gasteiger partial charge in [0.2, 0.25) is 5.78 Å². The van der Waals surface area contributed by atoms with E-state index in [1.807, 2.05) is 30.3 Å². The number of Topliss-reactive ketones (excluding diaryl/α,β-unsaturated/α-hetero) is 1. The van der Waals surface area contributed by atoms with E-state index < -0.39 is 10.0 Å². The van der Waals surface area contributed by atoms with Gasteiger partial charge < -0.3 is 4.74 Å². The lowest BCUT2D eigenvalue weighted by Gasteiger charge is -2.28. The van der Waals surface area contributed by atoms with Crippen LogP contribution < -0.4 is 4.74 Å². The Bertz CT molecular complexity index is 1050. The van der Waals surface area contributed by atoms with E-state index in [2.05, 4.69) is 0 Å². The van der Waals surface area contributed by atoms with Crippen LogP contribution in [0.15, 0.2) is 70.8 Å². The number of ketones is 1. The largest absolute Gasteiger partial charge is 0.488 e. The van der Waals surface area contributed by atoms with Crippen LogP contribution in [0.3, 0.4) is 0 Å². The Morgan fingerprint density at radius 3 is 2.64 bits per heavy atom. The van der Waals surface area contributed by atoms with Gasteiger partial charge in [0.25, 0.3) is 10.0 Å². The van der Waals surface area contributed by atoms with Crippen molar-refractivity contribution in [2.45, 2.75) is 4.90 Å². The normalized spacial score (nSPS) is 19.7. The summed E-state index contributed by atoms with van der Waals surface area (Å²) in [6, 6.07) is 13.8. The minimum atomic E-state index is -3.74. The summed E-state index contributed by atoms with van der Waals surface area (Å²) >= 11 is 0. The Labute approximate surface area is 145 Å². The third kappa shape index (κ3) is 2.46. The van der Waals surface area contributed by atoms with Crippen molar-refractivity contribution in [2.75, 3.05) is 13.7 Å². The molecule has 0 aliphatic carbocycles. The van der Waals surface area contributed by atoms with Crippen molar-refractivity contribution in [2.24, 2.45) is 0 Å². The first-order valence-electron chi connectivity index (χ1n) is 7.75. The van der Waals surface area contributed by atoms with Gasteiger partial charge in [-0.15, -0.1) is 0 Å². The molecule has 0 unspecified atom stereocenters. The van der Waals surface area contributed by atoms with Gasteiger partial charge in [0.05, 0.1) is 10.6 Å². The Kier molecular flexibility index (Phi) is 3.51. The molecule has 0 atom stereocenters. The molecule has 0 amide bonds. The molecule has 126 valence electrons. The van der Waals surface area contributed by atoms with E-state index >= 15 is 0 Å². The maximum Gasteiger partial charge on any atom is 0.264 e. The Hall–Kier alpha value is -2.86. The number of hydrogen-bond acceptors (Lipinski definition) is 4. The highest BCUT2D eigenvalue weighted by Crippen LogP contribution is 2.33. The first-order chi connectivity index (χ1) is 12.0. The SMILES string of the molecule is CN1/C(=C\C2=Cc3ccccc3OC2)C(=O)c2ccccc2S1(=O)=O. The number of carbonyl (C=O) groups is 1. The summed E-state index contributed by atoms with van der Waals surface area (Å²) in [5, 5.41) is 0. The number of benzene rings is 2. The predicted molar refractivity (Wildman–Crippen MR) is 93.7 cm³/mol. The molecule has 2 aliphatic rings. The van der Waals surface area contributed by atoms with E-state index in [0.29, 0.717) is 0 Å². The molecule has 0 aromatic heterocycles. The molecule has 0 saturated carbocycles. The number of carbonyl (C=O) groups excluding carboxylic acids is 1. The van der Waals surface area contributed by atoms with Crippen LogP contribution in [0, 0.1) is 0 Å². The minimum Gasteiger partial charge on any atom is -0.488 e. The van der Waals surface area contributed by atoms with Crippen molar-refractivity contribution in [1.29, 1.82) is 0 Å². The van der Waals surface area contributed by atoms with Crippen LogP contribution >= 0.6 is 0 Å². The summed E-state index contributed by atoms with van der Waals surface area (Å²) < 4.78 is 32.1. The number of nitrogens with zero attached hydrogens (tertiary/aromatic N) is 1. The smallest absolute Gasteiger partial charge is 0.264 e. The fourth-order valence-corrected chi connectivity index (χ4v) is 4.37. The Balaban J connectivity index is 1.83. The number of sulfonamides is 1. The molecule has 2 heterocycles. The Morgan fingerprint density at radius 1 is 1.08 bits per heavy atom. The van der Waals surface area contributed by atoms with Crippen LogP contribution in [-0.4, -0.2) is 32.2 Å². The lowest BCUT2D eigenvalue weighted by atomic mass is 10.0. The summed E-state index contributed by atoms with van der Waals surface area (Å²) in [6.45, 7) is 0.281. The Morgan fingerprint density at radius 2 is 1.80 bits per heavy atom. The second-order valence-corrected chi connectivity index (χ2v) is 7.81. The second-order valence-electron chi connectivity index (χ2n) is 5.87. The minimum absolute atomic E-state index is 0.0406. The van der Waals surface area contributed by atoms with Gasteiger partial charge in [-0.1, -0.05) is 30.3 Å². The van der Waals surface area contributed by atoms with Gasteiger partial charge in [-0.3, -0.25) is 9.10 Å². The molecule has 0 saturated heterocycles. The van der Waals surface area contributed by atoms with E-state index in [4.69, 9.17) is 4.74 Å². The molecule has 5 nitrogen and oxygen atoms in total. The summed E-state index contributed by atoms with van der Waals surface area (Å²) in [4.78, 5) is 12.8. The molecule has 2 aliphatic heterocycles. The van der Waals surface area contributed by atoms with Crippen LogP contribution in [0.4, 0.5) is 0 Å². The summed E-state index contributed by atoms with van der Waals surface area (Å²) in [5.41, 5.74) is 1.95. The fraction of sp³-hybridized carbons (Fsp3) is 0.105. The van der Waals surface area contributed by atoms with Crippen LogP contribution in [0.1, 0.15) is 15.9 Å². The van der Waals surface area contributed by atoms with Crippen LogP contribution in [0.5, 0.6) is 5.75 Å². The number of likely N-dealkylation sites (N-methyl/N-ethyl adjacent to an activating group) is 1. The zero-order valence-corrected chi connectivity index (χ0v) is 14.3. The van der Waals surface area contributed by atoms with Crippen molar-refractivity contribution in [3.63, 3.8) is 0 Å². The average molecular weight is 353 g/mol. The predicted octanol–water partition coefficient (Wildman–Crippen LogP) is 2.86. The summed E-state index contributed by atoms with van der Waals surface area (Å²) in [6.07, 6.45) is 3.49. The molecule has 0 fully saturated rings. The highest BCUT2D eigenvalue weighted by Gasteiger charge is 2.37. The molecule has 0 spiro atoms. The van der Waals surface area contributed by atoms with Crippen LogP contribution in [0.25, 0.3) is 6.08 Å². The molecule has 25 heavy (non-hydrogen) atoms. The van der Waals surface area contributed by atoms with Crippen molar-refractivity contribution < 1.29 is 17.9 Å². The molecule has 0 bridgehead atoms. The maximum absolute atomic E-state index is 12.8. The molecular formula is C19H15NO4S. The second kappa shape index (κ2) is 5.60. The third-order valence-electron chi connectivity index (χ3n) is 4.32. The first kappa shape index (κ1) is 15.7. The molecule has 6 heteroatoms. The van der Waals surface area contributed by atoms with Gasteiger partial charge >= 0.3 is 0 Å². The molecule has 0 radical (unpaired) electrons. The molecule has 4 rings (SSSR count). The van der Waals surface area contributed by atoms with E-state index in [1.54, 1.807) is 18.2 Å². The fourth-order valence-electron chi connectivity index (χ4n) is 2.99. The molecule has 0 N–H and O–H groups in total. The third-order valence-corrected chi connectivity index (χ3v) is 6.15. The van der Waals surface area contributed by atoms with Crippen molar-refractivity contribution in [1.82, 2.24) is 4.31 Å². The number of para-hydroxylation sites is 1. The quantitative estimate of drug-likeness (QED) is 0.740. The van der Waals surface area contributed by atoms with Gasteiger partial charge in [-0.25, -0.2) is 8.42 Å². The van der Waals surface area contributed by atoms with Gasteiger partial charge in [0, 0.05) is 18.2 Å². The number of rotatable bonds is 1. The van der Waals surface area contributed by atoms with Gasteiger partial charge in [-0.2, -0.15) is 0 Å². The standard InChI is InChI=1S/C19H15NO4S/c1-20-16(11-13-10-14-6-2-4-8-17(14)24-12-13)19(21)15-7-3-5-9-18(15)25(20,22)23/h2-11H,12H2,1H3/b16-11-. The number of hydrogen-bond donors (Lipinski definition) is 0. The van der Waals surface area contributed by atoms with Gasteiger partial charge in [-0.05, 0) is 35.9 Å². The molecule has 2 aromatic rings. The van der Waals surface area contributed by atoms with E-state index in [-0.39, 0.29) is 28.5 Å². The molecule has 2 aromatic carbocycles. The zero-order chi connectivity index (χ0) is 17.6. The van der Waals surface area contributed by atoms with Gasteiger partial charge in [0.1, 0.15) is 12.4 Å². The van der Waals surface area contributed by atoms with E-state index in [9.17, 15) is 13.2 Å². The van der Waals surface area contributed by atoms with E-state index in [1.165, 1.54) is 19.2 Å². The van der Waals surface area contributed by atoms with Crippen LogP contribution in [0.2, 0.25) is 0 Å². The summed E-state index contributed by atoms with van der Waals surface area (Å²) in [7, 11) is -2.34. The first-order valence-corrected chi connectivity index (χ1v) is 9.19. The maximum atomic E-state index is 12.8. The van der Waals surface area contributed by atoms with Crippen molar-refractivity contribution in [3.05, 3.63) is 77.0 Å². The van der Waals surface area contributed by atoms with E-state index in [0.717, 1.165) is 21.2 Å².